The molecule has 3 N–H and O–H groups in total. The van der Waals surface area contributed by atoms with E-state index >= 15 is 0 Å². The zero-order valence-corrected chi connectivity index (χ0v) is 8.90. The van der Waals surface area contributed by atoms with Gasteiger partial charge in [0, 0.05) is 5.56 Å². The number of H-pyrrole nitrogens is 1. The van der Waals surface area contributed by atoms with Crippen molar-refractivity contribution in [2.75, 3.05) is 12.8 Å². The van der Waals surface area contributed by atoms with Crippen LogP contribution in [0.25, 0.3) is 11.4 Å². The van der Waals surface area contributed by atoms with E-state index < -0.39 is 11.5 Å². The van der Waals surface area contributed by atoms with Gasteiger partial charge >= 0.3 is 5.69 Å². The van der Waals surface area contributed by atoms with Crippen molar-refractivity contribution < 1.29 is 9.13 Å². The Morgan fingerprint density at radius 3 is 2.82 bits per heavy atom. The summed E-state index contributed by atoms with van der Waals surface area (Å²) in [7, 11) is 1.35. The van der Waals surface area contributed by atoms with E-state index in [1.807, 2.05) is 0 Å². The number of nitrogens with two attached hydrogens (primary N) is 1. The lowest BCUT2D eigenvalue weighted by Gasteiger charge is -2.05. The molecule has 0 unspecified atom stereocenters. The molecule has 0 spiro atoms. The maximum absolute atomic E-state index is 13.2. The third-order valence-electron chi connectivity index (χ3n) is 2.09. The first-order valence-electron chi connectivity index (χ1n) is 4.68. The first-order chi connectivity index (χ1) is 8.10. The zero-order chi connectivity index (χ0) is 12.4. The summed E-state index contributed by atoms with van der Waals surface area (Å²) in [6, 6.07) is 4.08. The van der Waals surface area contributed by atoms with E-state index in [2.05, 4.69) is 15.0 Å². The molecule has 2 rings (SSSR count). The largest absolute Gasteiger partial charge is 0.494 e. The number of nitrogens with one attached hydrogen (secondary N) is 1. The zero-order valence-electron chi connectivity index (χ0n) is 8.90. The fraction of sp³-hybridized carbons (Fsp3) is 0.100. The minimum absolute atomic E-state index is 0.0560. The van der Waals surface area contributed by atoms with Crippen molar-refractivity contribution in [2.45, 2.75) is 0 Å². The monoisotopic (exact) mass is 236 g/mol. The minimum atomic E-state index is -0.615. The lowest BCUT2D eigenvalue weighted by Crippen LogP contribution is -2.15. The molecule has 0 aliphatic heterocycles. The van der Waals surface area contributed by atoms with Crippen LogP contribution in [0.4, 0.5) is 10.3 Å². The first-order valence-corrected chi connectivity index (χ1v) is 4.68. The molecule has 0 aliphatic carbocycles. The smallest absolute Gasteiger partial charge is 0.349 e. The summed E-state index contributed by atoms with van der Waals surface area (Å²) in [4.78, 5) is 20.7. The Labute approximate surface area is 95.3 Å². The van der Waals surface area contributed by atoms with E-state index in [9.17, 15) is 9.18 Å². The molecule has 0 fully saturated rings. The maximum Gasteiger partial charge on any atom is 0.349 e. The van der Waals surface area contributed by atoms with Crippen LogP contribution in [0.2, 0.25) is 0 Å². The Balaban J connectivity index is 2.56. The fourth-order valence-corrected chi connectivity index (χ4v) is 1.34. The lowest BCUT2D eigenvalue weighted by molar-refractivity contribution is 0.386. The van der Waals surface area contributed by atoms with E-state index in [-0.39, 0.29) is 17.5 Å². The Morgan fingerprint density at radius 2 is 2.18 bits per heavy atom. The summed E-state index contributed by atoms with van der Waals surface area (Å²) in [6.07, 6.45) is 0. The summed E-state index contributed by atoms with van der Waals surface area (Å²) in [5, 5.41) is 0. The van der Waals surface area contributed by atoms with Gasteiger partial charge in [0.05, 0.1) is 7.11 Å². The van der Waals surface area contributed by atoms with E-state index in [0.29, 0.717) is 5.56 Å². The number of methoxy groups -OCH3 is 1. The Hall–Kier alpha value is -2.44. The summed E-state index contributed by atoms with van der Waals surface area (Å²) < 4.78 is 18.0. The molecular formula is C10H9FN4O2. The van der Waals surface area contributed by atoms with Crippen LogP contribution in [0.15, 0.2) is 23.0 Å². The molecule has 0 atom stereocenters. The van der Waals surface area contributed by atoms with Crippen LogP contribution in [-0.2, 0) is 0 Å². The summed E-state index contributed by atoms with van der Waals surface area (Å²) in [5.74, 6) is -0.381. The van der Waals surface area contributed by atoms with Crippen molar-refractivity contribution in [3.63, 3.8) is 0 Å². The van der Waals surface area contributed by atoms with Gasteiger partial charge < -0.3 is 10.5 Å². The van der Waals surface area contributed by atoms with Gasteiger partial charge in [0.25, 0.3) is 0 Å². The van der Waals surface area contributed by atoms with E-state index in [1.165, 1.54) is 25.3 Å². The molecule has 17 heavy (non-hydrogen) atoms. The first kappa shape index (κ1) is 11.1. The number of nitrogen functional groups attached to an aromatic ring is 1. The highest BCUT2D eigenvalue weighted by molar-refractivity contribution is 5.58. The van der Waals surface area contributed by atoms with Crippen molar-refractivity contribution in [3.05, 3.63) is 34.5 Å². The van der Waals surface area contributed by atoms with Gasteiger partial charge in [0.1, 0.15) is 5.82 Å². The molecule has 0 saturated heterocycles. The summed E-state index contributed by atoms with van der Waals surface area (Å²) >= 11 is 0. The maximum atomic E-state index is 13.2. The van der Waals surface area contributed by atoms with Crippen LogP contribution in [0.1, 0.15) is 0 Å². The normalized spacial score (nSPS) is 10.2. The van der Waals surface area contributed by atoms with Crippen molar-refractivity contribution in [3.8, 4) is 17.1 Å². The van der Waals surface area contributed by atoms with Gasteiger partial charge in [-0.05, 0) is 18.2 Å². The SMILES string of the molecule is COc1cc(-c2nc(N)nc(=O)[nH]2)ccc1F. The molecule has 0 bridgehead atoms. The van der Waals surface area contributed by atoms with Crippen molar-refractivity contribution in [2.24, 2.45) is 0 Å². The van der Waals surface area contributed by atoms with Gasteiger partial charge in [-0.2, -0.15) is 9.97 Å². The van der Waals surface area contributed by atoms with Gasteiger partial charge in [-0.1, -0.05) is 0 Å². The number of rotatable bonds is 2. The predicted octanol–water partition coefficient (Wildman–Crippen LogP) is 0.562. The molecule has 0 saturated carbocycles. The average molecular weight is 236 g/mol. The third-order valence-corrected chi connectivity index (χ3v) is 2.09. The van der Waals surface area contributed by atoms with Crippen LogP contribution in [-0.4, -0.2) is 22.1 Å². The number of hydrogen-bond donors (Lipinski definition) is 2. The number of anilines is 1. The average Bonchev–Trinajstić information content (AvgIpc) is 2.28. The molecule has 0 amide bonds. The molecule has 2 aromatic rings. The predicted molar refractivity (Wildman–Crippen MR) is 59.0 cm³/mol. The Kier molecular flexibility index (Phi) is 2.73. The quantitative estimate of drug-likeness (QED) is 0.794. The summed E-state index contributed by atoms with van der Waals surface area (Å²) in [6.45, 7) is 0. The Bertz CT molecular complexity index is 611. The number of halogens is 1. The van der Waals surface area contributed by atoms with Gasteiger partial charge in [-0.3, -0.25) is 4.98 Å². The molecule has 0 aliphatic rings. The van der Waals surface area contributed by atoms with Crippen molar-refractivity contribution in [1.29, 1.82) is 0 Å². The number of hydrogen-bond acceptors (Lipinski definition) is 5. The van der Waals surface area contributed by atoms with E-state index in [4.69, 9.17) is 10.5 Å². The Morgan fingerprint density at radius 1 is 1.41 bits per heavy atom. The number of aromatic nitrogens is 3. The van der Waals surface area contributed by atoms with Crippen LogP contribution < -0.4 is 16.2 Å². The topological polar surface area (TPSA) is 93.9 Å². The second kappa shape index (κ2) is 4.20. The molecule has 0 radical (unpaired) electrons. The van der Waals surface area contributed by atoms with Gasteiger partial charge in [-0.15, -0.1) is 0 Å². The van der Waals surface area contributed by atoms with E-state index in [1.54, 1.807) is 0 Å². The van der Waals surface area contributed by atoms with E-state index in [0.717, 1.165) is 0 Å². The number of aromatic amines is 1. The highest BCUT2D eigenvalue weighted by atomic mass is 19.1. The fourth-order valence-electron chi connectivity index (χ4n) is 1.34. The molecule has 1 aromatic heterocycles. The van der Waals surface area contributed by atoms with Gasteiger partial charge in [-0.25, -0.2) is 9.18 Å². The van der Waals surface area contributed by atoms with Crippen LogP contribution >= 0.6 is 0 Å². The lowest BCUT2D eigenvalue weighted by atomic mass is 10.2. The molecule has 1 heterocycles. The highest BCUT2D eigenvalue weighted by Gasteiger charge is 2.08. The number of nitrogens with zero attached hydrogens (tertiary/aromatic N) is 2. The van der Waals surface area contributed by atoms with Gasteiger partial charge in [0.2, 0.25) is 5.95 Å². The minimum Gasteiger partial charge on any atom is -0.494 e. The second-order valence-electron chi connectivity index (χ2n) is 3.21. The number of benzene rings is 1. The molecule has 1 aromatic carbocycles. The molecule has 7 heteroatoms. The molecule has 88 valence electrons. The van der Waals surface area contributed by atoms with Crippen LogP contribution in [0.3, 0.4) is 0 Å². The summed E-state index contributed by atoms with van der Waals surface area (Å²) in [5.41, 5.74) is 5.22. The van der Waals surface area contributed by atoms with Crippen molar-refractivity contribution >= 4 is 5.95 Å². The third kappa shape index (κ3) is 2.22. The van der Waals surface area contributed by atoms with Crippen LogP contribution in [0, 0.1) is 5.82 Å². The second-order valence-corrected chi connectivity index (χ2v) is 3.21. The highest BCUT2D eigenvalue weighted by Crippen LogP contribution is 2.23. The van der Waals surface area contributed by atoms with Crippen molar-refractivity contribution in [1.82, 2.24) is 15.0 Å². The molecular weight excluding hydrogens is 227 g/mol. The van der Waals surface area contributed by atoms with Crippen LogP contribution in [0.5, 0.6) is 5.75 Å². The van der Waals surface area contributed by atoms with Gasteiger partial charge in [0.15, 0.2) is 11.6 Å². The standard InChI is InChI=1S/C10H9FN4O2/c1-17-7-4-5(2-3-6(7)11)8-13-9(12)15-10(16)14-8/h2-4H,1H3,(H3,12,13,14,15,16). The molecule has 6 nitrogen and oxygen atoms in total. The number of ether oxygens (including phenoxy) is 1.